The lowest BCUT2D eigenvalue weighted by Gasteiger charge is -2.21. The van der Waals surface area contributed by atoms with Crippen LogP contribution in [0.15, 0.2) is 36.5 Å². The number of ether oxygens (including phenoxy) is 2. The molecule has 0 aliphatic carbocycles. The third-order valence-corrected chi connectivity index (χ3v) is 5.26. The van der Waals surface area contributed by atoms with Crippen LogP contribution in [0.3, 0.4) is 0 Å². The van der Waals surface area contributed by atoms with Crippen LogP contribution < -0.4 is 20.1 Å². The SMILES string of the molecule is CCCC(CCO)Nc1c(C#N)c(NCc2ccc(OC)cc2OC)nc2cccnc12. The molecular formula is C24H29N5O3. The largest absolute Gasteiger partial charge is 0.497 e. The third-order valence-electron chi connectivity index (χ3n) is 5.26. The molecule has 0 aliphatic heterocycles. The Morgan fingerprint density at radius 2 is 2.03 bits per heavy atom. The van der Waals surface area contributed by atoms with Crippen molar-refractivity contribution in [2.45, 2.75) is 38.8 Å². The van der Waals surface area contributed by atoms with Gasteiger partial charge in [0.15, 0.2) is 0 Å². The van der Waals surface area contributed by atoms with Gasteiger partial charge in [0.1, 0.15) is 34.5 Å². The molecule has 32 heavy (non-hydrogen) atoms. The molecule has 8 nitrogen and oxygen atoms in total. The van der Waals surface area contributed by atoms with Crippen LogP contribution in [0.5, 0.6) is 11.5 Å². The van der Waals surface area contributed by atoms with Gasteiger partial charge in [0.25, 0.3) is 0 Å². The highest BCUT2D eigenvalue weighted by Gasteiger charge is 2.19. The van der Waals surface area contributed by atoms with Gasteiger partial charge in [0.05, 0.1) is 25.4 Å². The molecule has 3 rings (SSSR count). The fourth-order valence-corrected chi connectivity index (χ4v) is 3.64. The van der Waals surface area contributed by atoms with Crippen molar-refractivity contribution < 1.29 is 14.6 Å². The molecule has 168 valence electrons. The van der Waals surface area contributed by atoms with Gasteiger partial charge >= 0.3 is 0 Å². The normalized spacial score (nSPS) is 11.6. The molecule has 0 radical (unpaired) electrons. The summed E-state index contributed by atoms with van der Waals surface area (Å²) < 4.78 is 10.7. The molecule has 2 heterocycles. The summed E-state index contributed by atoms with van der Waals surface area (Å²) in [5.74, 6) is 1.85. The first-order valence-electron chi connectivity index (χ1n) is 10.7. The number of hydrogen-bond acceptors (Lipinski definition) is 8. The van der Waals surface area contributed by atoms with Crippen LogP contribution in [0, 0.1) is 11.3 Å². The van der Waals surface area contributed by atoms with Gasteiger partial charge in [-0.1, -0.05) is 13.3 Å². The Hall–Kier alpha value is -3.57. The van der Waals surface area contributed by atoms with Crippen LogP contribution in [0.2, 0.25) is 0 Å². The van der Waals surface area contributed by atoms with Crippen molar-refractivity contribution in [1.29, 1.82) is 5.26 Å². The van der Waals surface area contributed by atoms with Crippen molar-refractivity contribution in [3.63, 3.8) is 0 Å². The maximum atomic E-state index is 10.0. The van der Waals surface area contributed by atoms with E-state index >= 15 is 0 Å². The average molecular weight is 436 g/mol. The van der Waals surface area contributed by atoms with Gasteiger partial charge in [-0.15, -0.1) is 0 Å². The fourth-order valence-electron chi connectivity index (χ4n) is 3.64. The molecule has 1 aromatic carbocycles. The van der Waals surface area contributed by atoms with Gasteiger partial charge in [-0.05, 0) is 37.1 Å². The van der Waals surface area contributed by atoms with E-state index in [1.54, 1.807) is 20.4 Å². The molecule has 0 amide bonds. The monoisotopic (exact) mass is 435 g/mol. The molecule has 0 saturated carbocycles. The van der Waals surface area contributed by atoms with Gasteiger partial charge in [-0.2, -0.15) is 5.26 Å². The lowest BCUT2D eigenvalue weighted by Crippen LogP contribution is -2.22. The Morgan fingerprint density at radius 3 is 2.72 bits per heavy atom. The number of aliphatic hydroxyl groups is 1. The summed E-state index contributed by atoms with van der Waals surface area (Å²) in [6, 6.07) is 11.6. The highest BCUT2D eigenvalue weighted by atomic mass is 16.5. The summed E-state index contributed by atoms with van der Waals surface area (Å²) in [4.78, 5) is 9.13. The Balaban J connectivity index is 1.99. The Bertz CT molecular complexity index is 1090. The summed E-state index contributed by atoms with van der Waals surface area (Å²) in [5, 5.41) is 26.2. The molecule has 3 aromatic rings. The van der Waals surface area contributed by atoms with Gasteiger partial charge in [0, 0.05) is 37.0 Å². The molecule has 3 N–H and O–H groups in total. The number of nitriles is 1. The van der Waals surface area contributed by atoms with Gasteiger partial charge in [0.2, 0.25) is 0 Å². The molecule has 1 unspecified atom stereocenters. The van der Waals surface area contributed by atoms with E-state index in [9.17, 15) is 10.4 Å². The van der Waals surface area contributed by atoms with E-state index < -0.39 is 0 Å². The zero-order valence-corrected chi connectivity index (χ0v) is 18.7. The maximum absolute atomic E-state index is 10.0. The number of rotatable bonds is 11. The van der Waals surface area contributed by atoms with Crippen molar-refractivity contribution >= 4 is 22.5 Å². The molecule has 0 saturated heterocycles. The van der Waals surface area contributed by atoms with Gasteiger partial charge < -0.3 is 25.2 Å². The highest BCUT2D eigenvalue weighted by Crippen LogP contribution is 2.32. The molecule has 0 spiro atoms. The third kappa shape index (κ3) is 5.18. The zero-order valence-electron chi connectivity index (χ0n) is 18.7. The van der Waals surface area contributed by atoms with Crippen LogP contribution in [-0.2, 0) is 6.54 Å². The van der Waals surface area contributed by atoms with E-state index in [2.05, 4.69) is 33.6 Å². The van der Waals surface area contributed by atoms with Crippen LogP contribution in [0.4, 0.5) is 11.5 Å². The number of fused-ring (bicyclic) bond motifs is 1. The first kappa shape index (κ1) is 23.1. The van der Waals surface area contributed by atoms with Crippen molar-refractivity contribution in [3.8, 4) is 17.6 Å². The zero-order chi connectivity index (χ0) is 22.9. The Labute approximate surface area is 188 Å². The summed E-state index contributed by atoms with van der Waals surface area (Å²) in [6.07, 6.45) is 4.10. The van der Waals surface area contributed by atoms with E-state index in [1.807, 2.05) is 30.3 Å². The first-order chi connectivity index (χ1) is 15.6. The molecular weight excluding hydrogens is 406 g/mol. The quantitative estimate of drug-likeness (QED) is 0.413. The second-order valence-corrected chi connectivity index (χ2v) is 7.37. The predicted molar refractivity (Wildman–Crippen MR) is 125 cm³/mol. The van der Waals surface area contributed by atoms with Crippen LogP contribution in [0.25, 0.3) is 11.0 Å². The first-order valence-corrected chi connectivity index (χ1v) is 10.7. The van der Waals surface area contributed by atoms with Crippen LogP contribution >= 0.6 is 0 Å². The van der Waals surface area contributed by atoms with Crippen molar-refractivity contribution in [2.75, 3.05) is 31.5 Å². The number of nitrogens with zero attached hydrogens (tertiary/aromatic N) is 3. The number of anilines is 2. The summed E-state index contributed by atoms with van der Waals surface area (Å²) in [5.41, 5.74) is 3.24. The van der Waals surface area contributed by atoms with Gasteiger partial charge in [-0.3, -0.25) is 4.98 Å². The molecule has 0 bridgehead atoms. The van der Waals surface area contributed by atoms with Crippen molar-refractivity contribution in [1.82, 2.24) is 9.97 Å². The summed E-state index contributed by atoms with van der Waals surface area (Å²) >= 11 is 0. The van der Waals surface area contributed by atoms with E-state index in [-0.39, 0.29) is 12.6 Å². The second kappa shape index (κ2) is 11.2. The number of benzene rings is 1. The molecule has 1 atom stereocenters. The molecule has 8 heteroatoms. The number of pyridine rings is 2. The standard InChI is InChI=1S/C24H29N5O3/c1-4-6-17(10-12-30)28-22-19(14-25)24(29-20-7-5-11-26-23(20)22)27-15-16-8-9-18(31-2)13-21(16)32-3/h5,7-9,11,13,17,30H,4,6,10,12,15H2,1-3H3,(H2,27,28,29). The minimum absolute atomic E-state index is 0.0271. The molecule has 0 fully saturated rings. The Kier molecular flexibility index (Phi) is 8.06. The van der Waals surface area contributed by atoms with E-state index in [4.69, 9.17) is 9.47 Å². The second-order valence-electron chi connectivity index (χ2n) is 7.37. The Morgan fingerprint density at radius 1 is 1.19 bits per heavy atom. The fraction of sp³-hybridized carbons (Fsp3) is 0.375. The lowest BCUT2D eigenvalue weighted by molar-refractivity contribution is 0.276. The topological polar surface area (TPSA) is 112 Å². The summed E-state index contributed by atoms with van der Waals surface area (Å²) in [7, 11) is 3.21. The molecule has 2 aromatic heterocycles. The highest BCUT2D eigenvalue weighted by molar-refractivity contribution is 5.94. The van der Waals surface area contributed by atoms with E-state index in [1.165, 1.54) is 0 Å². The number of hydrogen-bond donors (Lipinski definition) is 3. The predicted octanol–water partition coefficient (Wildman–Crippen LogP) is 4.09. The van der Waals surface area contributed by atoms with Crippen LogP contribution in [-0.4, -0.2) is 41.9 Å². The maximum Gasteiger partial charge on any atom is 0.147 e. The molecule has 0 aliphatic rings. The van der Waals surface area contributed by atoms with Crippen molar-refractivity contribution in [3.05, 3.63) is 47.7 Å². The lowest BCUT2D eigenvalue weighted by atomic mass is 10.1. The average Bonchev–Trinajstić information content (AvgIpc) is 2.82. The van der Waals surface area contributed by atoms with Crippen molar-refractivity contribution in [2.24, 2.45) is 0 Å². The number of aromatic nitrogens is 2. The summed E-state index contributed by atoms with van der Waals surface area (Å²) in [6.45, 7) is 2.57. The minimum atomic E-state index is 0.0271. The van der Waals surface area contributed by atoms with Gasteiger partial charge in [-0.25, -0.2) is 4.98 Å². The smallest absolute Gasteiger partial charge is 0.147 e. The van der Waals surface area contributed by atoms with E-state index in [0.717, 1.165) is 18.4 Å². The minimum Gasteiger partial charge on any atom is -0.497 e. The number of methoxy groups -OCH3 is 2. The number of aliphatic hydroxyl groups excluding tert-OH is 1. The number of nitrogens with one attached hydrogen (secondary N) is 2. The van der Waals surface area contributed by atoms with Crippen LogP contribution in [0.1, 0.15) is 37.3 Å². The van der Waals surface area contributed by atoms with E-state index in [0.29, 0.717) is 52.6 Å².